The number of nitrogens with zero attached hydrogens (tertiary/aromatic N) is 2. The summed E-state index contributed by atoms with van der Waals surface area (Å²) in [6.45, 7) is 4.90. The van der Waals surface area contributed by atoms with Gasteiger partial charge in [0.1, 0.15) is 4.83 Å². The van der Waals surface area contributed by atoms with Crippen molar-refractivity contribution in [2.24, 2.45) is 0 Å². The molecule has 0 unspecified atom stereocenters. The van der Waals surface area contributed by atoms with Crippen molar-refractivity contribution in [1.29, 1.82) is 0 Å². The molecule has 140 valence electrons. The van der Waals surface area contributed by atoms with E-state index in [-0.39, 0.29) is 5.56 Å². The molecule has 0 amide bonds. The number of aromatic nitrogens is 2. The van der Waals surface area contributed by atoms with E-state index in [1.807, 2.05) is 24.3 Å². The highest BCUT2D eigenvalue weighted by molar-refractivity contribution is 7.18. The number of hydrogen-bond donors (Lipinski definition) is 1. The quantitative estimate of drug-likeness (QED) is 0.604. The topological polar surface area (TPSA) is 46.9 Å². The van der Waals surface area contributed by atoms with Crippen LogP contribution >= 0.6 is 22.9 Å². The Balaban J connectivity index is 1.67. The maximum Gasteiger partial charge on any atom is 0.264 e. The van der Waals surface area contributed by atoms with Gasteiger partial charge in [-0.15, -0.1) is 17.9 Å². The third-order valence-electron chi connectivity index (χ3n) is 5.02. The summed E-state index contributed by atoms with van der Waals surface area (Å²) in [5, 5.41) is 4.91. The van der Waals surface area contributed by atoms with Crippen LogP contribution in [0.25, 0.3) is 10.2 Å². The van der Waals surface area contributed by atoms with Crippen LogP contribution in [0.4, 0.5) is 5.95 Å². The van der Waals surface area contributed by atoms with Crippen molar-refractivity contribution in [1.82, 2.24) is 9.55 Å². The summed E-state index contributed by atoms with van der Waals surface area (Å²) in [6.07, 6.45) is 6.91. The molecule has 0 saturated carbocycles. The number of hydrogen-bond acceptors (Lipinski definition) is 4. The molecule has 0 saturated heterocycles. The smallest absolute Gasteiger partial charge is 0.264 e. The number of halogens is 1. The molecule has 1 aliphatic carbocycles. The lowest BCUT2D eigenvalue weighted by Gasteiger charge is -2.14. The molecule has 0 fully saturated rings. The molecule has 4 nitrogen and oxygen atoms in total. The van der Waals surface area contributed by atoms with E-state index in [1.165, 1.54) is 16.9 Å². The molecule has 0 atom stereocenters. The van der Waals surface area contributed by atoms with E-state index in [4.69, 9.17) is 16.6 Å². The Bertz CT molecular complexity index is 1050. The highest BCUT2D eigenvalue weighted by Gasteiger charge is 2.21. The van der Waals surface area contributed by atoms with Gasteiger partial charge in [-0.25, -0.2) is 4.98 Å². The van der Waals surface area contributed by atoms with Crippen molar-refractivity contribution in [3.8, 4) is 0 Å². The summed E-state index contributed by atoms with van der Waals surface area (Å²) in [5.74, 6) is 0.609. The second-order valence-electron chi connectivity index (χ2n) is 6.80. The van der Waals surface area contributed by atoms with E-state index >= 15 is 0 Å². The van der Waals surface area contributed by atoms with Crippen LogP contribution in [-0.2, 0) is 25.8 Å². The molecule has 2 heterocycles. The number of benzene rings is 1. The zero-order valence-corrected chi connectivity index (χ0v) is 16.7. The summed E-state index contributed by atoms with van der Waals surface area (Å²) in [6, 6.07) is 7.82. The molecule has 1 N–H and O–H groups in total. The van der Waals surface area contributed by atoms with Crippen LogP contribution in [0.15, 0.2) is 41.7 Å². The second-order valence-corrected chi connectivity index (χ2v) is 8.29. The fourth-order valence-corrected chi connectivity index (χ4v) is 5.16. The third kappa shape index (κ3) is 3.54. The molecule has 27 heavy (non-hydrogen) atoms. The van der Waals surface area contributed by atoms with Gasteiger partial charge >= 0.3 is 0 Å². The van der Waals surface area contributed by atoms with Gasteiger partial charge in [0.25, 0.3) is 5.56 Å². The largest absolute Gasteiger partial charge is 0.355 e. The number of nitrogens with one attached hydrogen (secondary N) is 1. The van der Waals surface area contributed by atoms with E-state index in [1.54, 1.807) is 22.0 Å². The highest BCUT2D eigenvalue weighted by Crippen LogP contribution is 2.34. The monoisotopic (exact) mass is 399 g/mol. The fourth-order valence-electron chi connectivity index (χ4n) is 3.68. The van der Waals surface area contributed by atoms with Crippen LogP contribution in [0, 0.1) is 0 Å². The Morgan fingerprint density at radius 1 is 1.30 bits per heavy atom. The molecule has 1 aromatic carbocycles. The molecular weight excluding hydrogens is 378 g/mol. The van der Waals surface area contributed by atoms with Crippen LogP contribution < -0.4 is 10.9 Å². The van der Waals surface area contributed by atoms with Crippen molar-refractivity contribution < 1.29 is 0 Å². The van der Waals surface area contributed by atoms with E-state index < -0.39 is 0 Å². The number of rotatable bonds is 6. The first-order chi connectivity index (χ1) is 13.2. The molecule has 0 radical (unpaired) electrons. The molecule has 3 aromatic rings. The van der Waals surface area contributed by atoms with Crippen LogP contribution in [0.5, 0.6) is 0 Å². The molecule has 0 aliphatic heterocycles. The van der Waals surface area contributed by atoms with E-state index in [0.717, 1.165) is 46.5 Å². The van der Waals surface area contributed by atoms with Crippen molar-refractivity contribution in [3.05, 3.63) is 68.3 Å². The molecule has 6 heteroatoms. The van der Waals surface area contributed by atoms with Crippen LogP contribution in [0.1, 0.15) is 28.8 Å². The van der Waals surface area contributed by atoms with E-state index in [2.05, 4.69) is 11.9 Å². The number of aryl methyl sites for hydroxylation is 2. The van der Waals surface area contributed by atoms with E-state index in [9.17, 15) is 4.79 Å². The Labute approximate surface area is 167 Å². The Kier molecular flexibility index (Phi) is 5.32. The van der Waals surface area contributed by atoms with Gasteiger partial charge in [0.15, 0.2) is 0 Å². The summed E-state index contributed by atoms with van der Waals surface area (Å²) in [5.41, 5.74) is 2.34. The van der Waals surface area contributed by atoms with Crippen molar-refractivity contribution in [3.63, 3.8) is 0 Å². The fraction of sp³-hybridized carbons (Fsp3) is 0.333. The Hall–Kier alpha value is -2.11. The average molecular weight is 400 g/mol. The normalized spacial score (nSPS) is 13.5. The van der Waals surface area contributed by atoms with Crippen LogP contribution in [0.3, 0.4) is 0 Å². The lowest BCUT2D eigenvalue weighted by Crippen LogP contribution is -2.25. The maximum atomic E-state index is 13.2. The zero-order valence-electron chi connectivity index (χ0n) is 15.1. The van der Waals surface area contributed by atoms with Gasteiger partial charge in [-0.1, -0.05) is 35.9 Å². The van der Waals surface area contributed by atoms with Gasteiger partial charge in [-0.2, -0.15) is 0 Å². The second kappa shape index (κ2) is 7.87. The maximum absolute atomic E-state index is 13.2. The van der Waals surface area contributed by atoms with Gasteiger partial charge in [-0.05, 0) is 49.3 Å². The first kappa shape index (κ1) is 18.3. The lowest BCUT2D eigenvalue weighted by molar-refractivity contribution is 0.698. The Morgan fingerprint density at radius 3 is 2.93 bits per heavy atom. The Morgan fingerprint density at radius 2 is 2.11 bits per heavy atom. The van der Waals surface area contributed by atoms with Crippen molar-refractivity contribution >= 4 is 39.1 Å². The predicted octanol–water partition coefficient (Wildman–Crippen LogP) is 4.83. The number of fused-ring (bicyclic) bond motifs is 3. The minimum absolute atomic E-state index is 0.0412. The minimum Gasteiger partial charge on any atom is -0.355 e. The van der Waals surface area contributed by atoms with Gasteiger partial charge in [-0.3, -0.25) is 9.36 Å². The molecule has 0 spiro atoms. The predicted molar refractivity (Wildman–Crippen MR) is 114 cm³/mol. The number of thiophene rings is 1. The molecule has 1 aliphatic rings. The van der Waals surface area contributed by atoms with E-state index in [0.29, 0.717) is 19.0 Å². The van der Waals surface area contributed by atoms with Crippen LogP contribution in [0.2, 0.25) is 5.02 Å². The summed E-state index contributed by atoms with van der Waals surface area (Å²) >= 11 is 7.91. The number of anilines is 1. The average Bonchev–Trinajstić information content (AvgIpc) is 3.04. The molecular formula is C21H22ClN3OS. The number of allylic oxidation sites excluding steroid dienone is 1. The SMILES string of the molecule is C=CCn1c(NCCc2ccccc2Cl)nc2sc3c(c2c1=O)CCCC3. The molecule has 0 bridgehead atoms. The first-order valence-electron chi connectivity index (χ1n) is 9.32. The van der Waals surface area contributed by atoms with Gasteiger partial charge in [0, 0.05) is 23.0 Å². The minimum atomic E-state index is 0.0412. The lowest BCUT2D eigenvalue weighted by atomic mass is 9.97. The third-order valence-corrected chi connectivity index (χ3v) is 6.58. The first-order valence-corrected chi connectivity index (χ1v) is 10.5. The molecule has 2 aromatic heterocycles. The summed E-state index contributed by atoms with van der Waals surface area (Å²) in [4.78, 5) is 20.2. The van der Waals surface area contributed by atoms with Gasteiger partial charge < -0.3 is 5.32 Å². The zero-order chi connectivity index (χ0) is 18.8. The van der Waals surface area contributed by atoms with Crippen molar-refractivity contribution in [2.75, 3.05) is 11.9 Å². The highest BCUT2D eigenvalue weighted by atomic mass is 35.5. The van der Waals surface area contributed by atoms with Crippen LogP contribution in [-0.4, -0.2) is 16.1 Å². The summed E-state index contributed by atoms with van der Waals surface area (Å²) < 4.78 is 1.70. The van der Waals surface area contributed by atoms with Gasteiger partial charge in [0.05, 0.1) is 5.39 Å². The van der Waals surface area contributed by atoms with Gasteiger partial charge in [0.2, 0.25) is 5.95 Å². The molecule has 4 rings (SSSR count). The standard InChI is InChI=1S/C21H22ClN3OS/c1-2-13-25-20(26)18-15-8-4-6-10-17(15)27-19(18)24-21(25)23-12-11-14-7-3-5-9-16(14)22/h2-3,5,7,9H,1,4,6,8,10-13H2,(H,23,24). The van der Waals surface area contributed by atoms with Crippen molar-refractivity contribution in [2.45, 2.75) is 38.6 Å². The summed E-state index contributed by atoms with van der Waals surface area (Å²) in [7, 11) is 0.